The van der Waals surface area contributed by atoms with Crippen molar-refractivity contribution in [1.29, 1.82) is 0 Å². The molecular formula is C26H35N5O4. The Bertz CT molecular complexity index is 988. The molecule has 188 valence electrons. The van der Waals surface area contributed by atoms with Gasteiger partial charge in [0.15, 0.2) is 0 Å². The van der Waals surface area contributed by atoms with Crippen molar-refractivity contribution in [3.8, 4) is 0 Å². The number of aromatic carboxylic acids is 1. The fourth-order valence-electron chi connectivity index (χ4n) is 4.80. The third kappa shape index (κ3) is 6.78. The van der Waals surface area contributed by atoms with E-state index in [1.807, 2.05) is 11.0 Å². The van der Waals surface area contributed by atoms with Gasteiger partial charge in [0.1, 0.15) is 11.4 Å². The number of nitrogens with zero attached hydrogens (tertiary/aromatic N) is 4. The van der Waals surface area contributed by atoms with Gasteiger partial charge in [-0.15, -0.1) is 0 Å². The maximum Gasteiger partial charge on any atom is 0.339 e. The number of carbonyl (C=O) groups excluding carboxylic acids is 1. The molecule has 0 atom stereocenters. The molecule has 35 heavy (non-hydrogen) atoms. The van der Waals surface area contributed by atoms with E-state index in [1.54, 1.807) is 24.3 Å². The largest absolute Gasteiger partial charge is 0.478 e. The first-order valence-electron chi connectivity index (χ1n) is 12.4. The van der Waals surface area contributed by atoms with Gasteiger partial charge in [0, 0.05) is 37.8 Å². The second kappa shape index (κ2) is 12.1. The monoisotopic (exact) mass is 481 g/mol. The molecule has 2 N–H and O–H groups in total. The number of rotatable bonds is 9. The first-order valence-corrected chi connectivity index (χ1v) is 12.4. The number of nitrogens with one attached hydrogen (secondary N) is 1. The highest BCUT2D eigenvalue weighted by atomic mass is 16.5. The summed E-state index contributed by atoms with van der Waals surface area (Å²) in [7, 11) is 2.19. The van der Waals surface area contributed by atoms with E-state index >= 15 is 0 Å². The van der Waals surface area contributed by atoms with E-state index in [0.29, 0.717) is 23.1 Å². The van der Waals surface area contributed by atoms with E-state index < -0.39 is 5.97 Å². The average molecular weight is 482 g/mol. The first-order chi connectivity index (χ1) is 17.0. The van der Waals surface area contributed by atoms with E-state index in [0.717, 1.165) is 71.7 Å². The summed E-state index contributed by atoms with van der Waals surface area (Å²) >= 11 is 0. The minimum absolute atomic E-state index is 0.105. The number of morpholine rings is 1. The number of carboxylic acids is 1. The molecular weight excluding hydrogens is 446 g/mol. The Hall–Kier alpha value is -3.01. The highest BCUT2D eigenvalue weighted by Crippen LogP contribution is 2.26. The lowest BCUT2D eigenvalue weighted by Crippen LogP contribution is -2.45. The summed E-state index contributed by atoms with van der Waals surface area (Å²) in [5, 5.41) is 12.6. The Morgan fingerprint density at radius 3 is 2.54 bits per heavy atom. The zero-order valence-electron chi connectivity index (χ0n) is 20.4. The number of benzene rings is 1. The molecule has 2 saturated heterocycles. The molecule has 2 aliphatic heterocycles. The fourth-order valence-corrected chi connectivity index (χ4v) is 4.80. The van der Waals surface area contributed by atoms with E-state index in [9.17, 15) is 14.7 Å². The van der Waals surface area contributed by atoms with Gasteiger partial charge >= 0.3 is 5.97 Å². The molecule has 0 saturated carbocycles. The smallest absolute Gasteiger partial charge is 0.339 e. The van der Waals surface area contributed by atoms with Crippen LogP contribution in [0.25, 0.3) is 0 Å². The molecule has 2 aliphatic rings. The maximum absolute atomic E-state index is 12.4. The van der Waals surface area contributed by atoms with Gasteiger partial charge in [0.25, 0.3) is 5.91 Å². The van der Waals surface area contributed by atoms with Crippen molar-refractivity contribution in [1.82, 2.24) is 14.8 Å². The third-order valence-corrected chi connectivity index (χ3v) is 6.87. The minimum atomic E-state index is -1.05. The molecule has 1 aromatic heterocycles. The van der Waals surface area contributed by atoms with Gasteiger partial charge in [0.05, 0.1) is 25.1 Å². The van der Waals surface area contributed by atoms with Gasteiger partial charge in [-0.25, -0.2) is 9.78 Å². The summed E-state index contributed by atoms with van der Waals surface area (Å²) in [6, 6.07) is 10.8. The molecule has 0 aliphatic carbocycles. The van der Waals surface area contributed by atoms with Gasteiger partial charge in [-0.3, -0.25) is 9.69 Å². The zero-order valence-corrected chi connectivity index (χ0v) is 20.4. The van der Waals surface area contributed by atoms with E-state index in [1.165, 1.54) is 12.3 Å². The van der Waals surface area contributed by atoms with Crippen molar-refractivity contribution in [3.63, 3.8) is 0 Å². The number of pyridine rings is 1. The van der Waals surface area contributed by atoms with E-state index in [4.69, 9.17) is 4.74 Å². The quantitative estimate of drug-likeness (QED) is 0.564. The topological polar surface area (TPSA) is 98.2 Å². The summed E-state index contributed by atoms with van der Waals surface area (Å²) in [5.41, 5.74) is 0.979. The van der Waals surface area contributed by atoms with Gasteiger partial charge in [-0.2, -0.15) is 0 Å². The van der Waals surface area contributed by atoms with Crippen LogP contribution in [-0.4, -0.2) is 97.3 Å². The summed E-state index contributed by atoms with van der Waals surface area (Å²) in [6.07, 6.45) is 4.59. The van der Waals surface area contributed by atoms with Crippen LogP contribution in [0.4, 0.5) is 11.5 Å². The average Bonchev–Trinajstić information content (AvgIpc) is 2.90. The van der Waals surface area contributed by atoms with Crippen LogP contribution >= 0.6 is 0 Å². The Labute approximate surface area is 206 Å². The van der Waals surface area contributed by atoms with Gasteiger partial charge in [-0.05, 0) is 57.6 Å². The van der Waals surface area contributed by atoms with Crippen LogP contribution in [0.5, 0.6) is 0 Å². The lowest BCUT2D eigenvalue weighted by Gasteiger charge is -2.38. The van der Waals surface area contributed by atoms with Crippen molar-refractivity contribution in [2.24, 2.45) is 0 Å². The van der Waals surface area contributed by atoms with Crippen molar-refractivity contribution >= 4 is 23.4 Å². The summed E-state index contributed by atoms with van der Waals surface area (Å²) in [6.45, 7) is 7.37. The van der Waals surface area contributed by atoms with Crippen molar-refractivity contribution in [3.05, 3.63) is 53.7 Å². The molecule has 0 unspecified atom stereocenters. The number of anilines is 2. The number of aromatic nitrogens is 1. The first kappa shape index (κ1) is 25.1. The molecule has 4 rings (SSSR count). The van der Waals surface area contributed by atoms with Gasteiger partial charge < -0.3 is 25.0 Å². The van der Waals surface area contributed by atoms with Crippen LogP contribution in [0.3, 0.4) is 0 Å². The van der Waals surface area contributed by atoms with Crippen LogP contribution in [0.15, 0.2) is 42.6 Å². The van der Waals surface area contributed by atoms with Gasteiger partial charge in [-0.1, -0.05) is 18.2 Å². The van der Waals surface area contributed by atoms with Crippen molar-refractivity contribution in [2.45, 2.75) is 25.3 Å². The Morgan fingerprint density at radius 1 is 1.14 bits per heavy atom. The Morgan fingerprint density at radius 2 is 1.86 bits per heavy atom. The molecule has 0 bridgehead atoms. The van der Waals surface area contributed by atoms with E-state index in [-0.39, 0.29) is 11.5 Å². The van der Waals surface area contributed by atoms with Crippen LogP contribution in [-0.2, 0) is 4.74 Å². The highest BCUT2D eigenvalue weighted by Gasteiger charge is 2.26. The predicted molar refractivity (Wildman–Crippen MR) is 135 cm³/mol. The summed E-state index contributed by atoms with van der Waals surface area (Å²) in [4.78, 5) is 35.8. The normalized spacial score (nSPS) is 17.5. The molecule has 0 radical (unpaired) electrons. The number of carbonyl (C=O) groups is 2. The van der Waals surface area contributed by atoms with Crippen LogP contribution in [0.1, 0.15) is 40.0 Å². The molecule has 9 heteroatoms. The predicted octanol–water partition coefficient (Wildman–Crippen LogP) is 2.65. The molecule has 3 heterocycles. The SMILES string of the molecule is CN(CCCN1CCOCC1)C1CCN(c2ncc(NC(=O)c3ccccc3)cc2C(=O)O)CC1. The zero-order chi connectivity index (χ0) is 24.6. The van der Waals surface area contributed by atoms with Crippen LogP contribution in [0, 0.1) is 0 Å². The lowest BCUT2D eigenvalue weighted by atomic mass is 10.0. The standard InChI is InChI=1S/C26H35N5O4/c1-29(10-5-11-30-14-16-35-17-15-30)22-8-12-31(13-9-22)24-23(26(33)34)18-21(19-27-24)28-25(32)20-6-3-2-4-7-20/h2-4,6-7,18-19,22H,5,8-17H2,1H3,(H,28,32)(H,33,34). The second-order valence-electron chi connectivity index (χ2n) is 9.23. The van der Waals surface area contributed by atoms with Crippen molar-refractivity contribution in [2.75, 3.05) is 69.7 Å². The number of amides is 1. The molecule has 2 aromatic rings. The van der Waals surface area contributed by atoms with Gasteiger partial charge in [0.2, 0.25) is 0 Å². The highest BCUT2D eigenvalue weighted by molar-refractivity contribution is 6.05. The minimum Gasteiger partial charge on any atom is -0.478 e. The molecule has 1 aromatic carbocycles. The maximum atomic E-state index is 12.4. The van der Waals surface area contributed by atoms with Crippen LogP contribution in [0.2, 0.25) is 0 Å². The number of carboxylic acid groups (broad SMARTS) is 1. The number of ether oxygens (including phenoxy) is 1. The second-order valence-corrected chi connectivity index (χ2v) is 9.23. The number of hydrogen-bond donors (Lipinski definition) is 2. The van der Waals surface area contributed by atoms with E-state index in [2.05, 4.69) is 27.1 Å². The van der Waals surface area contributed by atoms with Crippen molar-refractivity contribution < 1.29 is 19.4 Å². The summed E-state index contributed by atoms with van der Waals surface area (Å²) in [5.74, 6) is -0.886. The summed E-state index contributed by atoms with van der Waals surface area (Å²) < 4.78 is 5.42. The number of piperidine rings is 1. The third-order valence-electron chi connectivity index (χ3n) is 6.87. The molecule has 0 spiro atoms. The molecule has 9 nitrogen and oxygen atoms in total. The number of hydrogen-bond acceptors (Lipinski definition) is 7. The molecule has 2 fully saturated rings. The lowest BCUT2D eigenvalue weighted by molar-refractivity contribution is 0.0357. The fraction of sp³-hybridized carbons (Fsp3) is 0.500. The Balaban J connectivity index is 1.31. The molecule has 1 amide bonds. The Kier molecular flexibility index (Phi) is 8.68. The van der Waals surface area contributed by atoms with Crippen LogP contribution < -0.4 is 10.2 Å².